The Morgan fingerprint density at radius 1 is 1.39 bits per heavy atom. The maximum absolute atomic E-state index is 12.6. The van der Waals surface area contributed by atoms with Crippen LogP contribution in [0.25, 0.3) is 11.1 Å². The maximum atomic E-state index is 12.6. The minimum atomic E-state index is -1.38. The van der Waals surface area contributed by atoms with Crippen LogP contribution in [0, 0.1) is 0 Å². The molecule has 2 atom stereocenters. The fourth-order valence-corrected chi connectivity index (χ4v) is 3.76. The number of ether oxygens (including phenoxy) is 1. The molecule has 0 saturated carbocycles. The van der Waals surface area contributed by atoms with E-state index in [4.69, 9.17) is 9.15 Å². The first kappa shape index (κ1) is 16.0. The van der Waals surface area contributed by atoms with Crippen LogP contribution >= 0.6 is 0 Å². The molecule has 6 nitrogen and oxygen atoms in total. The summed E-state index contributed by atoms with van der Waals surface area (Å²) in [5, 5.41) is 0.0396. The van der Waals surface area contributed by atoms with Gasteiger partial charge in [-0.15, -0.1) is 0 Å². The molecule has 0 bridgehead atoms. The number of rotatable bonds is 2. The zero-order chi connectivity index (χ0) is 16.6. The van der Waals surface area contributed by atoms with Crippen LogP contribution in [0.5, 0.6) is 0 Å². The zero-order valence-electron chi connectivity index (χ0n) is 13.4. The van der Waals surface area contributed by atoms with Gasteiger partial charge in [-0.25, -0.2) is 14.0 Å². The van der Waals surface area contributed by atoms with Crippen LogP contribution in [-0.4, -0.2) is 44.1 Å². The van der Waals surface area contributed by atoms with Crippen molar-refractivity contribution in [3.63, 3.8) is 0 Å². The van der Waals surface area contributed by atoms with Gasteiger partial charge in [0.15, 0.2) is 5.58 Å². The normalized spacial score (nSPS) is 20.0. The first-order valence-corrected chi connectivity index (χ1v) is 8.79. The fraction of sp³-hybridized carbons (Fsp3) is 0.500. The van der Waals surface area contributed by atoms with Gasteiger partial charge in [-0.05, 0) is 39.3 Å². The van der Waals surface area contributed by atoms with Crippen molar-refractivity contribution in [1.82, 2.24) is 9.88 Å². The number of fused-ring (bicyclic) bond motifs is 1. The molecule has 1 aromatic heterocycles. The number of para-hydroxylation sites is 2. The third kappa shape index (κ3) is 3.55. The summed E-state index contributed by atoms with van der Waals surface area (Å²) in [7, 11) is -1.38. The lowest BCUT2D eigenvalue weighted by atomic mass is 10.2. The summed E-state index contributed by atoms with van der Waals surface area (Å²) < 4.78 is 23.6. The van der Waals surface area contributed by atoms with Gasteiger partial charge in [-0.3, -0.25) is 0 Å². The van der Waals surface area contributed by atoms with Crippen molar-refractivity contribution < 1.29 is 18.2 Å². The van der Waals surface area contributed by atoms with Crippen molar-refractivity contribution in [2.75, 3.05) is 13.1 Å². The average molecular weight is 336 g/mol. The van der Waals surface area contributed by atoms with E-state index >= 15 is 0 Å². The summed E-state index contributed by atoms with van der Waals surface area (Å²) in [4.78, 5) is 18.0. The number of benzene rings is 1. The summed E-state index contributed by atoms with van der Waals surface area (Å²) in [5.74, 6) is 0. The van der Waals surface area contributed by atoms with E-state index in [1.807, 2.05) is 39.0 Å². The molecule has 0 spiro atoms. The lowest BCUT2D eigenvalue weighted by Gasteiger charge is -2.24. The van der Waals surface area contributed by atoms with Crippen molar-refractivity contribution in [2.24, 2.45) is 0 Å². The lowest BCUT2D eigenvalue weighted by Crippen LogP contribution is -2.36. The number of carbonyl (C=O) groups excluding carboxylic acids is 1. The van der Waals surface area contributed by atoms with E-state index in [0.717, 1.165) is 0 Å². The van der Waals surface area contributed by atoms with E-state index in [1.54, 1.807) is 11.0 Å². The molecular weight excluding hydrogens is 316 g/mol. The number of carbonyl (C=O) groups is 1. The highest BCUT2D eigenvalue weighted by Crippen LogP contribution is 2.24. The van der Waals surface area contributed by atoms with Gasteiger partial charge in [-0.2, -0.15) is 0 Å². The molecule has 2 aromatic rings. The van der Waals surface area contributed by atoms with Crippen LogP contribution < -0.4 is 0 Å². The largest absolute Gasteiger partial charge is 0.444 e. The molecule has 1 unspecified atom stereocenters. The van der Waals surface area contributed by atoms with Gasteiger partial charge in [0.05, 0.1) is 5.25 Å². The fourth-order valence-electron chi connectivity index (χ4n) is 2.47. The van der Waals surface area contributed by atoms with Gasteiger partial charge >= 0.3 is 6.09 Å². The SMILES string of the molecule is CC(C)(C)OC(=O)N1CC[C@H](S(=O)c2nc3ccccc3o2)C1. The van der Waals surface area contributed by atoms with Crippen molar-refractivity contribution in [2.45, 2.75) is 43.3 Å². The van der Waals surface area contributed by atoms with E-state index < -0.39 is 16.4 Å². The number of nitrogens with zero attached hydrogens (tertiary/aromatic N) is 2. The van der Waals surface area contributed by atoms with Gasteiger partial charge in [0.2, 0.25) is 0 Å². The van der Waals surface area contributed by atoms with Gasteiger partial charge in [0, 0.05) is 13.1 Å². The summed E-state index contributed by atoms with van der Waals surface area (Å²) in [6.07, 6.45) is 0.277. The van der Waals surface area contributed by atoms with E-state index in [0.29, 0.717) is 30.6 Å². The van der Waals surface area contributed by atoms with Crippen LogP contribution in [0.1, 0.15) is 27.2 Å². The average Bonchev–Trinajstić information content (AvgIpc) is 3.11. The second-order valence-corrected chi connectivity index (χ2v) is 8.19. The molecule has 1 aliphatic rings. The predicted octanol–water partition coefficient (Wildman–Crippen LogP) is 2.94. The number of aromatic nitrogens is 1. The zero-order valence-corrected chi connectivity index (χ0v) is 14.3. The molecule has 1 aromatic carbocycles. The number of oxazole rings is 1. The first-order valence-electron chi connectivity index (χ1n) is 7.57. The Hall–Kier alpha value is -1.89. The molecule has 1 fully saturated rings. The molecule has 0 radical (unpaired) electrons. The van der Waals surface area contributed by atoms with Crippen LogP contribution in [0.4, 0.5) is 4.79 Å². The number of hydrogen-bond donors (Lipinski definition) is 0. The van der Waals surface area contributed by atoms with Gasteiger partial charge in [0.25, 0.3) is 5.22 Å². The van der Waals surface area contributed by atoms with E-state index in [2.05, 4.69) is 4.98 Å². The van der Waals surface area contributed by atoms with E-state index in [9.17, 15) is 9.00 Å². The van der Waals surface area contributed by atoms with Crippen molar-refractivity contribution in [3.05, 3.63) is 24.3 Å². The van der Waals surface area contributed by atoms with Crippen LogP contribution in [0.2, 0.25) is 0 Å². The highest BCUT2D eigenvalue weighted by Gasteiger charge is 2.34. The Morgan fingerprint density at radius 3 is 2.83 bits per heavy atom. The second-order valence-electron chi connectivity index (χ2n) is 6.58. The van der Waals surface area contributed by atoms with Gasteiger partial charge < -0.3 is 14.1 Å². The topological polar surface area (TPSA) is 72.6 Å². The Morgan fingerprint density at radius 2 is 2.13 bits per heavy atom. The third-order valence-electron chi connectivity index (χ3n) is 3.55. The highest BCUT2D eigenvalue weighted by atomic mass is 32.2. The molecule has 3 rings (SSSR count). The molecule has 1 aliphatic heterocycles. The molecule has 7 heteroatoms. The summed E-state index contributed by atoms with van der Waals surface area (Å²) >= 11 is 0. The molecule has 0 N–H and O–H groups in total. The molecule has 124 valence electrons. The highest BCUT2D eigenvalue weighted by molar-refractivity contribution is 7.85. The van der Waals surface area contributed by atoms with Crippen LogP contribution in [0.3, 0.4) is 0 Å². The molecule has 1 saturated heterocycles. The Bertz CT molecular complexity index is 717. The van der Waals surface area contributed by atoms with Crippen LogP contribution in [0.15, 0.2) is 33.9 Å². The number of likely N-dealkylation sites (tertiary alicyclic amines) is 1. The smallest absolute Gasteiger partial charge is 0.410 e. The van der Waals surface area contributed by atoms with Crippen molar-refractivity contribution in [3.8, 4) is 0 Å². The minimum Gasteiger partial charge on any atom is -0.444 e. The number of hydrogen-bond acceptors (Lipinski definition) is 5. The van der Waals surface area contributed by atoms with Crippen LogP contribution in [-0.2, 0) is 15.5 Å². The van der Waals surface area contributed by atoms with Crippen molar-refractivity contribution in [1.29, 1.82) is 0 Å². The van der Waals surface area contributed by atoms with E-state index in [-0.39, 0.29) is 16.6 Å². The Balaban J connectivity index is 1.68. The lowest BCUT2D eigenvalue weighted by molar-refractivity contribution is 0.0295. The third-order valence-corrected chi connectivity index (χ3v) is 5.05. The summed E-state index contributed by atoms with van der Waals surface area (Å²) in [6, 6.07) is 7.32. The van der Waals surface area contributed by atoms with Gasteiger partial charge in [0.1, 0.15) is 21.9 Å². The summed E-state index contributed by atoms with van der Waals surface area (Å²) in [5.41, 5.74) is 0.782. The van der Waals surface area contributed by atoms with Crippen molar-refractivity contribution >= 4 is 28.0 Å². The maximum Gasteiger partial charge on any atom is 0.410 e. The molecule has 1 amide bonds. The second kappa shape index (κ2) is 5.96. The predicted molar refractivity (Wildman–Crippen MR) is 86.6 cm³/mol. The van der Waals surface area contributed by atoms with Gasteiger partial charge in [-0.1, -0.05) is 12.1 Å². The summed E-state index contributed by atoms with van der Waals surface area (Å²) in [6.45, 7) is 6.41. The molecule has 2 heterocycles. The minimum absolute atomic E-state index is 0.185. The Labute approximate surface area is 137 Å². The standard InChI is InChI=1S/C16H20N2O4S/c1-16(2,3)22-15(19)18-9-8-11(10-18)23(20)14-17-12-6-4-5-7-13(12)21-14/h4-7,11H,8-10H2,1-3H3/t11-,23?/m0/s1. The quantitative estimate of drug-likeness (QED) is 0.843. The first-order chi connectivity index (χ1) is 10.8. The monoisotopic (exact) mass is 336 g/mol. The molecule has 23 heavy (non-hydrogen) atoms. The van der Waals surface area contributed by atoms with E-state index in [1.165, 1.54) is 0 Å². The molecular formula is C16H20N2O4S. The molecule has 0 aliphatic carbocycles. The number of amides is 1. The Kier molecular flexibility index (Phi) is 4.14.